The number of hydrogen-bond donors (Lipinski definition) is 4. The summed E-state index contributed by atoms with van der Waals surface area (Å²) in [6, 6.07) is 0. The first-order chi connectivity index (χ1) is 46.2. The molecule has 552 valence electrons. The van der Waals surface area contributed by atoms with Gasteiger partial charge in [-0.3, -0.25) is 32.5 Å². The molecule has 0 heterocycles. The zero-order valence-electron chi connectivity index (χ0n) is 60.1. The standard InChI is InChI=1S/C77H138O16P2/c1-4-7-10-13-16-19-22-25-28-29-30-31-32-33-34-35-36-37-38-39-40-41-44-46-48-51-54-57-60-63-75(80)87-66-72(78)67-89-94(83,84)90-68-73(79)69-91-95(85,86)92-71-74(93-77(82)65-62-59-56-53-50-47-43-27-24-21-18-15-12-9-6-3)70-88-76(81)64-61-58-55-52-49-45-42-26-23-20-17-14-11-8-5-2/h7,10,16,19,25-28,30-31,33-34,42-43,72-74,78-79H,4-6,8-9,11-15,17-18,20-24,29,32,35-41,44-71H2,1-3H3,(H,83,84)(H,85,86)/b10-7-,19-16-,28-25-,31-30-,34-33-,42-26-,43-27-. The zero-order valence-corrected chi connectivity index (χ0v) is 61.9. The maximum Gasteiger partial charge on any atom is 0.472 e. The van der Waals surface area contributed by atoms with E-state index in [1.807, 2.05) is 0 Å². The zero-order chi connectivity index (χ0) is 69.5. The average Bonchev–Trinajstić information content (AvgIpc) is 1.83. The molecule has 0 aromatic heterocycles. The van der Waals surface area contributed by atoms with Crippen LogP contribution in [0.25, 0.3) is 0 Å². The van der Waals surface area contributed by atoms with E-state index in [1.54, 1.807) is 0 Å². The summed E-state index contributed by atoms with van der Waals surface area (Å²) in [4.78, 5) is 58.5. The molecule has 5 atom stereocenters. The van der Waals surface area contributed by atoms with Crippen LogP contribution in [-0.4, -0.2) is 95.9 Å². The molecule has 16 nitrogen and oxygen atoms in total. The fourth-order valence-electron chi connectivity index (χ4n) is 10.3. The van der Waals surface area contributed by atoms with Crippen LogP contribution in [0.4, 0.5) is 0 Å². The van der Waals surface area contributed by atoms with Gasteiger partial charge in [0.25, 0.3) is 0 Å². The highest BCUT2D eigenvalue weighted by Gasteiger charge is 2.29. The van der Waals surface area contributed by atoms with Crippen LogP contribution in [0.3, 0.4) is 0 Å². The minimum atomic E-state index is -4.92. The maximum atomic E-state index is 12.9. The lowest BCUT2D eigenvalue weighted by Gasteiger charge is -2.21. The molecule has 0 saturated heterocycles. The molecule has 0 bridgehead atoms. The summed E-state index contributed by atoms with van der Waals surface area (Å²) in [5.41, 5.74) is 0. The minimum Gasteiger partial charge on any atom is -0.463 e. The number of unbranched alkanes of at least 4 members (excludes halogenated alkanes) is 35. The highest BCUT2D eigenvalue weighted by Crippen LogP contribution is 2.45. The Bertz CT molecular complexity index is 2070. The van der Waals surface area contributed by atoms with Crippen molar-refractivity contribution in [2.75, 3.05) is 39.6 Å². The monoisotopic (exact) mass is 1380 g/mol. The number of carbonyl (C=O) groups is 3. The van der Waals surface area contributed by atoms with Crippen molar-refractivity contribution in [3.05, 3.63) is 85.1 Å². The molecule has 0 aliphatic rings. The quantitative estimate of drug-likeness (QED) is 0.0146. The molecule has 18 heteroatoms. The summed E-state index contributed by atoms with van der Waals surface area (Å²) in [5, 5.41) is 20.6. The third-order valence-corrected chi connectivity index (χ3v) is 18.0. The molecule has 0 aromatic carbocycles. The lowest BCUT2D eigenvalue weighted by molar-refractivity contribution is -0.161. The van der Waals surface area contributed by atoms with E-state index in [4.69, 9.17) is 32.3 Å². The van der Waals surface area contributed by atoms with E-state index in [2.05, 4.69) is 106 Å². The molecule has 5 unspecified atom stereocenters. The molecule has 0 aromatic rings. The van der Waals surface area contributed by atoms with Gasteiger partial charge in [0.2, 0.25) is 0 Å². The number of phosphoric ester groups is 2. The number of rotatable bonds is 72. The number of allylic oxidation sites excluding steroid dienone is 14. The predicted octanol–water partition coefficient (Wildman–Crippen LogP) is 21.7. The van der Waals surface area contributed by atoms with Crippen molar-refractivity contribution in [1.82, 2.24) is 0 Å². The molecule has 0 amide bonds. The van der Waals surface area contributed by atoms with Gasteiger partial charge in [-0.1, -0.05) is 279 Å². The van der Waals surface area contributed by atoms with Crippen LogP contribution < -0.4 is 0 Å². The SMILES string of the molecule is CC/C=C\C/C=C\C/C=C\C/C=C\C/C=C\CCCCCCCCCCCCCCCC(=O)OCC(O)COP(=O)(O)OCC(O)COP(=O)(O)OCC(COC(=O)CCCCCCC/C=C\CCCCCCCC)OC(=O)CCCCCCC/C=C\CCCCCCCC. The van der Waals surface area contributed by atoms with Crippen LogP contribution in [0.15, 0.2) is 85.1 Å². The van der Waals surface area contributed by atoms with Crippen molar-refractivity contribution in [3.8, 4) is 0 Å². The van der Waals surface area contributed by atoms with Crippen molar-refractivity contribution in [3.63, 3.8) is 0 Å². The van der Waals surface area contributed by atoms with Crippen molar-refractivity contribution in [2.45, 2.75) is 347 Å². The summed E-state index contributed by atoms with van der Waals surface area (Å²) in [7, 11) is -9.78. The van der Waals surface area contributed by atoms with Crippen LogP contribution >= 0.6 is 15.6 Å². The van der Waals surface area contributed by atoms with Gasteiger partial charge in [-0.2, -0.15) is 0 Å². The first kappa shape index (κ1) is 91.7. The molecule has 95 heavy (non-hydrogen) atoms. The molecule has 4 N–H and O–H groups in total. The second-order valence-corrected chi connectivity index (χ2v) is 28.3. The van der Waals surface area contributed by atoms with Crippen molar-refractivity contribution in [2.24, 2.45) is 0 Å². The van der Waals surface area contributed by atoms with E-state index in [0.29, 0.717) is 19.3 Å². The highest BCUT2D eigenvalue weighted by atomic mass is 31.2. The van der Waals surface area contributed by atoms with Crippen LogP contribution in [-0.2, 0) is 55.8 Å². The highest BCUT2D eigenvalue weighted by molar-refractivity contribution is 7.47. The van der Waals surface area contributed by atoms with E-state index >= 15 is 0 Å². The van der Waals surface area contributed by atoms with Crippen molar-refractivity contribution in [1.29, 1.82) is 0 Å². The lowest BCUT2D eigenvalue weighted by Crippen LogP contribution is -2.30. The molecule has 0 aliphatic heterocycles. The van der Waals surface area contributed by atoms with Gasteiger partial charge in [0.15, 0.2) is 6.10 Å². The second-order valence-electron chi connectivity index (χ2n) is 25.4. The predicted molar refractivity (Wildman–Crippen MR) is 390 cm³/mol. The van der Waals surface area contributed by atoms with E-state index in [1.165, 1.54) is 135 Å². The fraction of sp³-hybridized carbons (Fsp3) is 0.779. The topological polar surface area (TPSA) is 231 Å². The molecule has 0 saturated carbocycles. The van der Waals surface area contributed by atoms with Crippen LogP contribution in [0, 0.1) is 0 Å². The van der Waals surface area contributed by atoms with E-state index in [0.717, 1.165) is 135 Å². The van der Waals surface area contributed by atoms with Crippen molar-refractivity contribution >= 4 is 33.6 Å². The number of hydrogen-bond acceptors (Lipinski definition) is 14. The summed E-state index contributed by atoms with van der Waals surface area (Å²) in [5.74, 6) is -1.58. The first-order valence-corrected chi connectivity index (χ1v) is 40.9. The van der Waals surface area contributed by atoms with E-state index < -0.39 is 91.5 Å². The Morgan fingerprint density at radius 1 is 0.305 bits per heavy atom. The number of phosphoric acid groups is 2. The second kappa shape index (κ2) is 70.6. The summed E-state index contributed by atoms with van der Waals surface area (Å²) >= 11 is 0. The maximum absolute atomic E-state index is 12.9. The third kappa shape index (κ3) is 71.8. The lowest BCUT2D eigenvalue weighted by atomic mass is 10.0. The first-order valence-electron chi connectivity index (χ1n) is 37.9. The van der Waals surface area contributed by atoms with Gasteiger partial charge in [0, 0.05) is 19.3 Å². The number of aliphatic hydroxyl groups is 2. The largest absolute Gasteiger partial charge is 0.472 e. The molecular weight excluding hydrogens is 1240 g/mol. The Labute approximate surface area is 578 Å². The smallest absolute Gasteiger partial charge is 0.463 e. The third-order valence-electron chi connectivity index (χ3n) is 16.1. The summed E-state index contributed by atoms with van der Waals surface area (Å²) in [6.07, 6.45) is 77.8. The van der Waals surface area contributed by atoms with Gasteiger partial charge in [-0.05, 0) is 116 Å². The van der Waals surface area contributed by atoms with Crippen LogP contribution in [0.5, 0.6) is 0 Å². The molecular formula is C77H138O16P2. The van der Waals surface area contributed by atoms with Gasteiger partial charge >= 0.3 is 33.6 Å². The van der Waals surface area contributed by atoms with E-state index in [-0.39, 0.29) is 19.3 Å². The Hall–Kier alpha value is -3.27. The molecule has 0 radical (unpaired) electrons. The average molecular weight is 1380 g/mol. The normalized spacial score (nSPS) is 14.6. The summed E-state index contributed by atoms with van der Waals surface area (Å²) < 4.78 is 61.0. The number of aliphatic hydroxyl groups excluding tert-OH is 2. The molecule has 0 aliphatic carbocycles. The van der Waals surface area contributed by atoms with Gasteiger partial charge in [-0.15, -0.1) is 0 Å². The minimum absolute atomic E-state index is 0.0958. The Kier molecular flexibility index (Phi) is 68.2. The number of esters is 3. The van der Waals surface area contributed by atoms with Crippen LogP contribution in [0.1, 0.15) is 329 Å². The molecule has 0 fully saturated rings. The Balaban J connectivity index is 4.47. The van der Waals surface area contributed by atoms with Gasteiger partial charge in [0.05, 0.1) is 26.4 Å². The fourth-order valence-corrected chi connectivity index (χ4v) is 11.9. The van der Waals surface area contributed by atoms with Crippen molar-refractivity contribution < 1.29 is 75.8 Å². The van der Waals surface area contributed by atoms with Gasteiger partial charge in [-0.25, -0.2) is 9.13 Å². The van der Waals surface area contributed by atoms with Gasteiger partial charge in [0.1, 0.15) is 25.4 Å². The van der Waals surface area contributed by atoms with E-state index in [9.17, 15) is 43.5 Å². The number of ether oxygens (including phenoxy) is 3. The molecule has 0 rings (SSSR count). The number of carbonyl (C=O) groups excluding carboxylic acids is 3. The summed E-state index contributed by atoms with van der Waals surface area (Å²) in [6.45, 7) is 2.57. The van der Waals surface area contributed by atoms with Gasteiger partial charge < -0.3 is 34.2 Å². The molecule has 0 spiro atoms. The van der Waals surface area contributed by atoms with Crippen LogP contribution in [0.2, 0.25) is 0 Å². The Morgan fingerprint density at radius 3 is 0.895 bits per heavy atom. The Morgan fingerprint density at radius 2 is 0.558 bits per heavy atom.